The van der Waals surface area contributed by atoms with E-state index in [2.05, 4.69) is 11.6 Å². The summed E-state index contributed by atoms with van der Waals surface area (Å²) in [5, 5.41) is 0.633. The highest BCUT2D eigenvalue weighted by Gasteiger charge is 2.08. The number of thiazole rings is 1. The fraction of sp³-hybridized carbons (Fsp3) is 0.333. The summed E-state index contributed by atoms with van der Waals surface area (Å²) in [5.74, 6) is 0. The molecule has 0 aliphatic heterocycles. The van der Waals surface area contributed by atoms with Crippen LogP contribution in [-0.2, 0) is 0 Å². The summed E-state index contributed by atoms with van der Waals surface area (Å²) in [6, 6.07) is 0. The van der Waals surface area contributed by atoms with Gasteiger partial charge in [-0.25, -0.2) is 0 Å². The zero-order valence-electron chi connectivity index (χ0n) is 7.75. The monoisotopic (exact) mass is 231 g/mol. The van der Waals surface area contributed by atoms with Gasteiger partial charge in [0.15, 0.2) is 11.4 Å². The molecule has 1 aromatic heterocycles. The summed E-state index contributed by atoms with van der Waals surface area (Å²) in [4.78, 5) is 14.7. The normalized spacial score (nSPS) is 9.86. The van der Waals surface area contributed by atoms with E-state index >= 15 is 0 Å². The van der Waals surface area contributed by atoms with Gasteiger partial charge >= 0.3 is 0 Å². The number of carbonyl (C=O) groups is 1. The Labute approximate surface area is 91.4 Å². The van der Waals surface area contributed by atoms with Crippen LogP contribution in [0.3, 0.4) is 0 Å². The molecule has 0 amide bonds. The minimum absolute atomic E-state index is 0.204. The van der Waals surface area contributed by atoms with Crippen LogP contribution in [0.5, 0.6) is 5.19 Å². The zero-order chi connectivity index (χ0) is 10.6. The molecule has 1 heterocycles. The van der Waals surface area contributed by atoms with E-state index < -0.39 is 0 Å². The highest BCUT2D eigenvalue weighted by molar-refractivity contribution is 7.15. The van der Waals surface area contributed by atoms with Crippen molar-refractivity contribution in [1.29, 1.82) is 0 Å². The average molecular weight is 232 g/mol. The number of carbonyl (C=O) groups excluding carboxylic acids is 1. The van der Waals surface area contributed by atoms with E-state index in [4.69, 9.17) is 16.3 Å². The van der Waals surface area contributed by atoms with Gasteiger partial charge in [0, 0.05) is 6.42 Å². The van der Waals surface area contributed by atoms with Gasteiger partial charge in [-0.1, -0.05) is 28.5 Å². The number of aromatic nitrogens is 1. The van der Waals surface area contributed by atoms with Gasteiger partial charge in [0.25, 0.3) is 5.19 Å². The molecule has 0 aliphatic rings. The molecule has 0 saturated heterocycles. The number of halogens is 1. The molecular formula is C9H10ClNO2S. The number of aldehydes is 1. The predicted octanol–water partition coefficient (Wildman–Crippen LogP) is 2.95. The van der Waals surface area contributed by atoms with Crippen molar-refractivity contribution in [3.8, 4) is 5.19 Å². The van der Waals surface area contributed by atoms with E-state index in [-0.39, 0.29) is 5.15 Å². The van der Waals surface area contributed by atoms with Gasteiger partial charge in [-0.2, -0.15) is 4.98 Å². The Morgan fingerprint density at radius 2 is 2.50 bits per heavy atom. The fourth-order valence-electron chi connectivity index (χ4n) is 0.741. The molecule has 0 atom stereocenters. The van der Waals surface area contributed by atoms with Crippen molar-refractivity contribution < 1.29 is 9.53 Å². The minimum atomic E-state index is 0.204. The first-order valence-corrected chi connectivity index (χ1v) is 5.21. The second-order valence-electron chi connectivity index (χ2n) is 2.81. The van der Waals surface area contributed by atoms with Gasteiger partial charge in [-0.15, -0.1) is 6.58 Å². The van der Waals surface area contributed by atoms with Crippen LogP contribution < -0.4 is 4.74 Å². The van der Waals surface area contributed by atoms with Crippen LogP contribution in [0.25, 0.3) is 0 Å². The molecule has 1 rings (SSSR count). The highest BCUT2D eigenvalue weighted by atomic mass is 35.5. The molecule has 0 aromatic carbocycles. The summed E-state index contributed by atoms with van der Waals surface area (Å²) in [6.07, 6.45) is 1.44. The summed E-state index contributed by atoms with van der Waals surface area (Å²) in [5.41, 5.74) is 1.04. The third-order valence-corrected chi connectivity index (χ3v) is 2.74. The molecule has 0 aliphatic carbocycles. The lowest BCUT2D eigenvalue weighted by molar-refractivity contribution is 0.112. The third-order valence-electron chi connectivity index (χ3n) is 1.45. The predicted molar refractivity (Wildman–Crippen MR) is 57.4 cm³/mol. The molecule has 0 saturated carbocycles. The van der Waals surface area contributed by atoms with Crippen molar-refractivity contribution in [1.82, 2.24) is 4.98 Å². The lowest BCUT2D eigenvalue weighted by Gasteiger charge is -2.00. The van der Waals surface area contributed by atoms with Crippen LogP contribution in [0.15, 0.2) is 12.2 Å². The number of hydrogen-bond donors (Lipinski definition) is 0. The van der Waals surface area contributed by atoms with E-state index in [1.807, 2.05) is 6.92 Å². The maximum absolute atomic E-state index is 10.4. The highest BCUT2D eigenvalue weighted by Crippen LogP contribution is 2.27. The van der Waals surface area contributed by atoms with Crippen molar-refractivity contribution >= 4 is 29.2 Å². The zero-order valence-corrected chi connectivity index (χ0v) is 9.32. The number of nitrogens with zero attached hydrogens (tertiary/aromatic N) is 1. The maximum Gasteiger partial charge on any atom is 0.275 e. The standard InChI is InChI=1S/C9H10ClNO2S/c1-6(2)3-4-13-9-11-8(10)7(5-12)14-9/h5H,1,3-4H2,2H3. The smallest absolute Gasteiger partial charge is 0.275 e. The van der Waals surface area contributed by atoms with Crippen LogP contribution in [-0.4, -0.2) is 17.9 Å². The molecule has 0 fully saturated rings. The van der Waals surface area contributed by atoms with E-state index in [1.54, 1.807) is 0 Å². The van der Waals surface area contributed by atoms with E-state index in [0.717, 1.165) is 23.3 Å². The quantitative estimate of drug-likeness (QED) is 0.578. The molecule has 3 nitrogen and oxygen atoms in total. The van der Waals surface area contributed by atoms with Crippen LogP contribution in [0.1, 0.15) is 23.0 Å². The summed E-state index contributed by atoms with van der Waals surface area (Å²) < 4.78 is 5.28. The van der Waals surface area contributed by atoms with Crippen LogP contribution >= 0.6 is 22.9 Å². The molecule has 0 radical (unpaired) electrons. The van der Waals surface area contributed by atoms with E-state index in [0.29, 0.717) is 23.0 Å². The first-order chi connectivity index (χ1) is 6.63. The summed E-state index contributed by atoms with van der Waals surface area (Å²) >= 11 is 6.81. The van der Waals surface area contributed by atoms with Gasteiger partial charge in [0.05, 0.1) is 6.61 Å². The summed E-state index contributed by atoms with van der Waals surface area (Å²) in [7, 11) is 0. The Morgan fingerprint density at radius 3 is 3.00 bits per heavy atom. The largest absolute Gasteiger partial charge is 0.470 e. The second kappa shape index (κ2) is 5.12. The van der Waals surface area contributed by atoms with Crippen molar-refractivity contribution in [2.45, 2.75) is 13.3 Å². The second-order valence-corrected chi connectivity index (χ2v) is 4.16. The number of ether oxygens (including phenoxy) is 1. The van der Waals surface area contributed by atoms with Crippen molar-refractivity contribution in [2.24, 2.45) is 0 Å². The van der Waals surface area contributed by atoms with Crippen molar-refractivity contribution in [3.05, 3.63) is 22.2 Å². The lowest BCUT2D eigenvalue weighted by Crippen LogP contribution is -1.96. The molecule has 76 valence electrons. The van der Waals surface area contributed by atoms with Gasteiger partial charge < -0.3 is 4.74 Å². The van der Waals surface area contributed by atoms with Crippen LogP contribution in [0, 0.1) is 0 Å². The van der Waals surface area contributed by atoms with Crippen LogP contribution in [0.2, 0.25) is 5.15 Å². The van der Waals surface area contributed by atoms with E-state index in [9.17, 15) is 4.79 Å². The Morgan fingerprint density at radius 1 is 1.79 bits per heavy atom. The van der Waals surface area contributed by atoms with Crippen molar-refractivity contribution in [2.75, 3.05) is 6.61 Å². The first-order valence-electron chi connectivity index (χ1n) is 4.02. The Hall–Kier alpha value is -0.870. The molecule has 0 bridgehead atoms. The van der Waals surface area contributed by atoms with Gasteiger partial charge in [-0.05, 0) is 6.92 Å². The molecule has 14 heavy (non-hydrogen) atoms. The Kier molecular flexibility index (Phi) is 4.10. The Bertz CT molecular complexity index is 349. The number of rotatable bonds is 5. The SMILES string of the molecule is C=C(C)CCOc1nc(Cl)c(C=O)s1. The fourth-order valence-corrected chi connectivity index (χ4v) is 1.67. The lowest BCUT2D eigenvalue weighted by atomic mass is 10.3. The van der Waals surface area contributed by atoms with Gasteiger partial charge in [-0.3, -0.25) is 4.79 Å². The third kappa shape index (κ3) is 3.12. The van der Waals surface area contributed by atoms with Crippen LogP contribution in [0.4, 0.5) is 0 Å². The summed E-state index contributed by atoms with van der Waals surface area (Å²) in [6.45, 7) is 6.18. The van der Waals surface area contributed by atoms with Crippen molar-refractivity contribution in [3.63, 3.8) is 0 Å². The topological polar surface area (TPSA) is 39.2 Å². The Balaban J connectivity index is 2.51. The molecule has 5 heteroatoms. The number of hydrogen-bond acceptors (Lipinski definition) is 4. The first kappa shape index (κ1) is 11.2. The van der Waals surface area contributed by atoms with Gasteiger partial charge in [0.2, 0.25) is 0 Å². The average Bonchev–Trinajstić information content (AvgIpc) is 2.45. The van der Waals surface area contributed by atoms with E-state index in [1.165, 1.54) is 0 Å². The molecule has 1 aromatic rings. The molecular weight excluding hydrogens is 222 g/mol. The maximum atomic E-state index is 10.4. The molecule has 0 N–H and O–H groups in total. The minimum Gasteiger partial charge on any atom is -0.470 e. The molecule has 0 spiro atoms. The van der Waals surface area contributed by atoms with Gasteiger partial charge in [0.1, 0.15) is 4.88 Å². The molecule has 0 unspecified atom stereocenters.